The van der Waals surface area contributed by atoms with Crippen LogP contribution < -0.4 is 10.6 Å². The van der Waals surface area contributed by atoms with Gasteiger partial charge in [0.1, 0.15) is 0 Å². The Labute approximate surface area is 180 Å². The van der Waals surface area contributed by atoms with Crippen LogP contribution >= 0.6 is 11.6 Å². The molecule has 150 valence electrons. The van der Waals surface area contributed by atoms with Crippen LogP contribution in [0.5, 0.6) is 0 Å². The van der Waals surface area contributed by atoms with Crippen molar-refractivity contribution in [1.82, 2.24) is 4.90 Å². The van der Waals surface area contributed by atoms with E-state index in [1.54, 1.807) is 44.4 Å². The summed E-state index contributed by atoms with van der Waals surface area (Å²) in [5.74, 6) is -0.344. The fourth-order valence-electron chi connectivity index (χ4n) is 3.37. The summed E-state index contributed by atoms with van der Waals surface area (Å²) >= 11 is 6.02. The summed E-state index contributed by atoms with van der Waals surface area (Å²) in [6.45, 7) is 0. The number of halogens is 1. The predicted octanol–water partition coefficient (Wildman–Crippen LogP) is 4.97. The van der Waals surface area contributed by atoms with Crippen LogP contribution in [0.1, 0.15) is 21.5 Å². The molecule has 0 bridgehead atoms. The minimum Gasteiger partial charge on any atom is -0.354 e. The number of carbonyl (C=O) groups is 2. The number of carbonyl (C=O) groups excluding carboxylic acids is 2. The summed E-state index contributed by atoms with van der Waals surface area (Å²) in [5.41, 5.74) is 4.68. The maximum absolute atomic E-state index is 13.0. The van der Waals surface area contributed by atoms with Crippen LogP contribution in [0.15, 0.2) is 72.8 Å². The van der Waals surface area contributed by atoms with Gasteiger partial charge in [0.2, 0.25) is 0 Å². The number of amides is 2. The lowest BCUT2D eigenvalue weighted by atomic mass is 9.98. The van der Waals surface area contributed by atoms with Gasteiger partial charge in [-0.2, -0.15) is 0 Å². The average Bonchev–Trinajstić information content (AvgIpc) is 3.08. The number of hydrogen-bond acceptors (Lipinski definition) is 3. The van der Waals surface area contributed by atoms with Crippen molar-refractivity contribution in [2.24, 2.45) is 0 Å². The second-order valence-electron chi connectivity index (χ2n) is 7.16. The molecule has 6 heteroatoms. The quantitative estimate of drug-likeness (QED) is 0.589. The van der Waals surface area contributed by atoms with Crippen molar-refractivity contribution in [2.75, 3.05) is 24.7 Å². The van der Waals surface area contributed by atoms with Gasteiger partial charge in [-0.15, -0.1) is 0 Å². The minimum atomic E-state index is -0.222. The zero-order chi connectivity index (χ0) is 21.3. The Hall–Kier alpha value is -3.57. The Balaban J connectivity index is 1.89. The molecule has 1 aliphatic heterocycles. The number of benzene rings is 3. The van der Waals surface area contributed by atoms with Crippen molar-refractivity contribution >= 4 is 46.1 Å². The highest BCUT2D eigenvalue weighted by molar-refractivity contribution is 6.37. The fourth-order valence-corrected chi connectivity index (χ4v) is 3.49. The van der Waals surface area contributed by atoms with Crippen LogP contribution in [0.4, 0.5) is 11.4 Å². The van der Waals surface area contributed by atoms with Gasteiger partial charge in [0, 0.05) is 41.6 Å². The highest BCUT2D eigenvalue weighted by Crippen LogP contribution is 2.38. The zero-order valence-corrected chi connectivity index (χ0v) is 17.3. The molecule has 3 aromatic rings. The maximum Gasteiger partial charge on any atom is 0.258 e. The molecule has 0 fully saturated rings. The molecular formula is C24H20ClN3O2. The first kappa shape index (κ1) is 19.7. The van der Waals surface area contributed by atoms with Crippen molar-refractivity contribution in [2.45, 2.75) is 0 Å². The Morgan fingerprint density at radius 1 is 0.933 bits per heavy atom. The second kappa shape index (κ2) is 8.05. The Kier molecular flexibility index (Phi) is 5.29. The van der Waals surface area contributed by atoms with Gasteiger partial charge in [-0.1, -0.05) is 41.9 Å². The van der Waals surface area contributed by atoms with E-state index in [2.05, 4.69) is 10.6 Å². The van der Waals surface area contributed by atoms with Crippen molar-refractivity contribution < 1.29 is 9.59 Å². The maximum atomic E-state index is 13.0. The number of nitrogens with zero attached hydrogens (tertiary/aromatic N) is 1. The smallest absolute Gasteiger partial charge is 0.258 e. The average molecular weight is 418 g/mol. The molecule has 4 rings (SSSR count). The molecule has 0 atom stereocenters. The first-order chi connectivity index (χ1) is 14.4. The zero-order valence-electron chi connectivity index (χ0n) is 16.6. The van der Waals surface area contributed by atoms with Gasteiger partial charge in [-0.05, 0) is 48.0 Å². The van der Waals surface area contributed by atoms with E-state index in [1.165, 1.54) is 4.90 Å². The summed E-state index contributed by atoms with van der Waals surface area (Å²) in [7, 11) is 3.40. The molecule has 0 saturated carbocycles. The van der Waals surface area contributed by atoms with E-state index in [0.717, 1.165) is 11.3 Å². The molecule has 0 aromatic heterocycles. The van der Waals surface area contributed by atoms with Crippen LogP contribution in [0.25, 0.3) is 11.3 Å². The third-order valence-electron chi connectivity index (χ3n) is 4.84. The predicted molar refractivity (Wildman–Crippen MR) is 121 cm³/mol. The van der Waals surface area contributed by atoms with E-state index in [0.29, 0.717) is 33.1 Å². The summed E-state index contributed by atoms with van der Waals surface area (Å²) in [6.07, 6.45) is 0. The lowest BCUT2D eigenvalue weighted by Crippen LogP contribution is -2.21. The van der Waals surface area contributed by atoms with Gasteiger partial charge in [0.25, 0.3) is 11.8 Å². The lowest BCUT2D eigenvalue weighted by Gasteiger charge is -2.15. The standard InChI is InChI=1S/C24H20ClN3O2/c1-28(2)24(30)16-8-13-20-19(14-16)21(23(29)27-20)22(15-6-4-3-5-7-15)26-18-11-9-17(25)10-12-18/h3-14,26H,1-2H3,(H,27,29)/b22-21-. The summed E-state index contributed by atoms with van der Waals surface area (Å²) < 4.78 is 0. The first-order valence-electron chi connectivity index (χ1n) is 9.44. The highest BCUT2D eigenvalue weighted by atomic mass is 35.5. The molecule has 0 radical (unpaired) electrons. The molecule has 0 aliphatic carbocycles. The third-order valence-corrected chi connectivity index (χ3v) is 5.10. The van der Waals surface area contributed by atoms with Gasteiger partial charge in [-0.3, -0.25) is 9.59 Å². The largest absolute Gasteiger partial charge is 0.354 e. The Bertz CT molecular complexity index is 1150. The fraction of sp³-hybridized carbons (Fsp3) is 0.0833. The third kappa shape index (κ3) is 3.80. The van der Waals surface area contributed by atoms with E-state index in [-0.39, 0.29) is 11.8 Å². The number of hydrogen-bond donors (Lipinski definition) is 2. The van der Waals surface area contributed by atoms with Crippen LogP contribution in [0.2, 0.25) is 5.02 Å². The molecule has 0 spiro atoms. The SMILES string of the molecule is CN(C)C(=O)c1ccc2c(c1)/C(=C(/Nc1ccc(Cl)cc1)c1ccccc1)C(=O)N2. The summed E-state index contributed by atoms with van der Waals surface area (Å²) in [5, 5.41) is 6.91. The van der Waals surface area contributed by atoms with E-state index >= 15 is 0 Å². The van der Waals surface area contributed by atoms with Crippen LogP contribution in [0, 0.1) is 0 Å². The Morgan fingerprint density at radius 2 is 1.63 bits per heavy atom. The van der Waals surface area contributed by atoms with E-state index in [9.17, 15) is 9.59 Å². The van der Waals surface area contributed by atoms with Gasteiger partial charge >= 0.3 is 0 Å². The molecule has 0 saturated heterocycles. The number of fused-ring (bicyclic) bond motifs is 1. The van der Waals surface area contributed by atoms with Gasteiger partial charge in [0.15, 0.2) is 0 Å². The van der Waals surface area contributed by atoms with E-state index in [4.69, 9.17) is 11.6 Å². The second-order valence-corrected chi connectivity index (χ2v) is 7.60. The van der Waals surface area contributed by atoms with Gasteiger partial charge < -0.3 is 15.5 Å². The monoisotopic (exact) mass is 417 g/mol. The molecule has 3 aromatic carbocycles. The molecule has 0 unspecified atom stereocenters. The highest BCUT2D eigenvalue weighted by Gasteiger charge is 2.29. The number of rotatable bonds is 4. The summed E-state index contributed by atoms with van der Waals surface area (Å²) in [6, 6.07) is 22.1. The topological polar surface area (TPSA) is 61.4 Å². The molecule has 30 heavy (non-hydrogen) atoms. The first-order valence-corrected chi connectivity index (χ1v) is 9.81. The molecule has 2 N–H and O–H groups in total. The van der Waals surface area contributed by atoms with Crippen LogP contribution in [-0.4, -0.2) is 30.8 Å². The molecule has 5 nitrogen and oxygen atoms in total. The summed E-state index contributed by atoms with van der Waals surface area (Å²) in [4.78, 5) is 27.0. The van der Waals surface area contributed by atoms with E-state index < -0.39 is 0 Å². The van der Waals surface area contributed by atoms with Crippen molar-refractivity contribution in [3.63, 3.8) is 0 Å². The molecule has 1 aliphatic rings. The van der Waals surface area contributed by atoms with Crippen LogP contribution in [-0.2, 0) is 4.79 Å². The Morgan fingerprint density at radius 3 is 2.30 bits per heavy atom. The van der Waals surface area contributed by atoms with E-state index in [1.807, 2.05) is 42.5 Å². The van der Waals surface area contributed by atoms with Crippen molar-refractivity contribution in [3.05, 3.63) is 94.5 Å². The molecular weight excluding hydrogens is 398 g/mol. The molecule has 1 heterocycles. The molecule has 2 amide bonds. The normalized spacial score (nSPS) is 14.0. The minimum absolute atomic E-state index is 0.122. The van der Waals surface area contributed by atoms with Crippen molar-refractivity contribution in [3.8, 4) is 0 Å². The van der Waals surface area contributed by atoms with Gasteiger partial charge in [0.05, 0.1) is 11.3 Å². The number of nitrogens with one attached hydrogen (secondary N) is 2. The van der Waals surface area contributed by atoms with Crippen molar-refractivity contribution in [1.29, 1.82) is 0 Å². The number of anilines is 2. The lowest BCUT2D eigenvalue weighted by molar-refractivity contribution is -0.110. The van der Waals surface area contributed by atoms with Gasteiger partial charge in [-0.25, -0.2) is 0 Å². The van der Waals surface area contributed by atoms with Crippen LogP contribution in [0.3, 0.4) is 0 Å².